The average Bonchev–Trinajstić information content (AvgIpc) is 3.28. The van der Waals surface area contributed by atoms with Crippen molar-refractivity contribution in [2.75, 3.05) is 5.32 Å². The molecule has 2 heterocycles. The molecule has 0 atom stereocenters. The van der Waals surface area contributed by atoms with Crippen LogP contribution in [0.5, 0.6) is 0 Å². The van der Waals surface area contributed by atoms with Crippen LogP contribution in [0.25, 0.3) is 11.3 Å². The lowest BCUT2D eigenvalue weighted by molar-refractivity contribution is 0.0997. The molecule has 0 bridgehead atoms. The van der Waals surface area contributed by atoms with Gasteiger partial charge in [-0.2, -0.15) is 0 Å². The topological polar surface area (TPSA) is 85.3 Å². The number of thiophene rings is 1. The molecule has 0 aliphatic heterocycles. The molecule has 1 aliphatic rings. The number of nitrogens with two attached hydrogens (primary N) is 1. The number of halogens is 1. The number of carbonyl (C=O) groups excluding carboxylic acids is 2. The van der Waals surface area contributed by atoms with E-state index in [1.807, 2.05) is 19.1 Å². The highest BCUT2D eigenvalue weighted by atomic mass is 35.5. The molecule has 1 aliphatic carbocycles. The normalized spacial score (nSPS) is 13.2. The van der Waals surface area contributed by atoms with Gasteiger partial charge in [0.2, 0.25) is 0 Å². The third-order valence-corrected chi connectivity index (χ3v) is 6.62. The van der Waals surface area contributed by atoms with E-state index in [-0.39, 0.29) is 5.76 Å². The van der Waals surface area contributed by atoms with Gasteiger partial charge >= 0.3 is 0 Å². The molecular formula is C21H19ClN2O3S. The average molecular weight is 415 g/mol. The van der Waals surface area contributed by atoms with E-state index in [0.717, 1.165) is 47.3 Å². The quantitative estimate of drug-likeness (QED) is 0.615. The lowest BCUT2D eigenvalue weighted by Gasteiger charge is -2.11. The van der Waals surface area contributed by atoms with Crippen LogP contribution in [0, 0.1) is 6.92 Å². The predicted octanol–water partition coefficient (Wildman–Crippen LogP) is 5.20. The Labute approximate surface area is 171 Å². The molecule has 1 aromatic carbocycles. The van der Waals surface area contributed by atoms with Gasteiger partial charge in [0.05, 0.1) is 5.56 Å². The largest absolute Gasteiger partial charge is 0.451 e. The highest BCUT2D eigenvalue weighted by molar-refractivity contribution is 7.17. The van der Waals surface area contributed by atoms with Crippen molar-refractivity contribution in [2.45, 2.75) is 32.6 Å². The van der Waals surface area contributed by atoms with Crippen LogP contribution in [-0.2, 0) is 12.8 Å². The number of carbonyl (C=O) groups is 2. The molecule has 5 nitrogen and oxygen atoms in total. The zero-order valence-electron chi connectivity index (χ0n) is 15.3. The third-order valence-electron chi connectivity index (χ3n) is 5.01. The zero-order chi connectivity index (χ0) is 19.8. The molecule has 0 unspecified atom stereocenters. The van der Waals surface area contributed by atoms with Crippen LogP contribution >= 0.6 is 22.9 Å². The Hall–Kier alpha value is -2.57. The van der Waals surface area contributed by atoms with Gasteiger partial charge < -0.3 is 15.5 Å². The van der Waals surface area contributed by atoms with Crippen molar-refractivity contribution in [3.63, 3.8) is 0 Å². The number of nitrogens with one attached hydrogen (secondary N) is 1. The van der Waals surface area contributed by atoms with E-state index in [4.69, 9.17) is 21.8 Å². The van der Waals surface area contributed by atoms with Gasteiger partial charge in [-0.3, -0.25) is 9.59 Å². The molecule has 7 heteroatoms. The van der Waals surface area contributed by atoms with E-state index >= 15 is 0 Å². The number of benzene rings is 1. The molecule has 28 heavy (non-hydrogen) atoms. The fourth-order valence-electron chi connectivity index (χ4n) is 3.56. The Bertz CT molecular complexity index is 1080. The van der Waals surface area contributed by atoms with Crippen molar-refractivity contribution in [1.29, 1.82) is 0 Å². The molecule has 144 valence electrons. The molecule has 3 N–H and O–H groups in total. The third kappa shape index (κ3) is 3.34. The number of furan rings is 1. The molecule has 3 aromatic rings. The standard InChI is InChI=1S/C21H19ClN2O3S/c1-11-12(6-4-7-14(11)22)15-9-10-16(27-15)20(26)24-21-18(19(23)25)13-5-2-3-8-17(13)28-21/h4,6-7,9-10H,2-3,5,8H2,1H3,(H2,23,25)(H,24,26). The maximum absolute atomic E-state index is 12.7. The van der Waals surface area contributed by atoms with E-state index in [2.05, 4.69) is 5.32 Å². The number of fused-ring (bicyclic) bond motifs is 1. The van der Waals surface area contributed by atoms with Crippen molar-refractivity contribution in [3.8, 4) is 11.3 Å². The second kappa shape index (κ2) is 7.45. The Morgan fingerprint density at radius 1 is 1.18 bits per heavy atom. The summed E-state index contributed by atoms with van der Waals surface area (Å²) in [6, 6.07) is 8.88. The molecule has 4 rings (SSSR count). The molecule has 0 saturated carbocycles. The predicted molar refractivity (Wildman–Crippen MR) is 111 cm³/mol. The summed E-state index contributed by atoms with van der Waals surface area (Å²) in [6.45, 7) is 1.90. The first kappa shape index (κ1) is 18.8. The van der Waals surface area contributed by atoms with Crippen LogP contribution in [0.1, 0.15) is 49.8 Å². The minimum Gasteiger partial charge on any atom is -0.451 e. The maximum Gasteiger partial charge on any atom is 0.292 e. The van der Waals surface area contributed by atoms with Crippen LogP contribution in [0.3, 0.4) is 0 Å². The Balaban J connectivity index is 1.62. The van der Waals surface area contributed by atoms with Gasteiger partial charge in [-0.15, -0.1) is 11.3 Å². The van der Waals surface area contributed by atoms with Crippen molar-refractivity contribution in [3.05, 3.63) is 62.7 Å². The van der Waals surface area contributed by atoms with E-state index < -0.39 is 11.8 Å². The van der Waals surface area contributed by atoms with Gasteiger partial charge in [0, 0.05) is 15.5 Å². The summed E-state index contributed by atoms with van der Waals surface area (Å²) in [5, 5.41) is 3.95. The molecule has 0 fully saturated rings. The van der Waals surface area contributed by atoms with E-state index in [9.17, 15) is 9.59 Å². The maximum atomic E-state index is 12.7. The number of hydrogen-bond acceptors (Lipinski definition) is 4. The van der Waals surface area contributed by atoms with E-state index in [1.54, 1.807) is 18.2 Å². The SMILES string of the molecule is Cc1c(Cl)cccc1-c1ccc(C(=O)Nc2sc3c(c2C(N)=O)CCCC3)o1. The number of amides is 2. The Kier molecular flexibility index (Phi) is 5.00. The van der Waals surface area contributed by atoms with Gasteiger partial charge in [0.15, 0.2) is 5.76 Å². The van der Waals surface area contributed by atoms with E-state index in [1.165, 1.54) is 11.3 Å². The minimum absolute atomic E-state index is 0.163. The fourth-order valence-corrected chi connectivity index (χ4v) is 5.02. The molecule has 0 saturated heterocycles. The van der Waals surface area contributed by atoms with Crippen molar-refractivity contribution in [2.24, 2.45) is 5.73 Å². The monoisotopic (exact) mass is 414 g/mol. The van der Waals surface area contributed by atoms with Crippen molar-refractivity contribution < 1.29 is 14.0 Å². The first-order valence-corrected chi connectivity index (χ1v) is 10.3. The smallest absolute Gasteiger partial charge is 0.292 e. The molecule has 0 spiro atoms. The van der Waals surface area contributed by atoms with Crippen LogP contribution in [0.2, 0.25) is 5.02 Å². The fraction of sp³-hybridized carbons (Fsp3) is 0.238. The van der Waals surface area contributed by atoms with Crippen LogP contribution in [-0.4, -0.2) is 11.8 Å². The van der Waals surface area contributed by atoms with Gasteiger partial charge in [-0.25, -0.2) is 0 Å². The highest BCUT2D eigenvalue weighted by Gasteiger charge is 2.26. The van der Waals surface area contributed by atoms with Gasteiger partial charge in [-0.05, 0) is 61.9 Å². The summed E-state index contributed by atoms with van der Waals surface area (Å²) in [4.78, 5) is 25.8. The molecule has 2 aromatic heterocycles. The van der Waals surface area contributed by atoms with Crippen LogP contribution in [0.15, 0.2) is 34.7 Å². The molecule has 2 amide bonds. The summed E-state index contributed by atoms with van der Waals surface area (Å²) < 4.78 is 5.76. The number of anilines is 1. The van der Waals surface area contributed by atoms with Gasteiger partial charge in [0.1, 0.15) is 10.8 Å². The second-order valence-corrected chi connectivity index (χ2v) is 8.32. The number of rotatable bonds is 4. The van der Waals surface area contributed by atoms with Gasteiger partial charge in [0.25, 0.3) is 11.8 Å². The number of hydrogen-bond donors (Lipinski definition) is 2. The summed E-state index contributed by atoms with van der Waals surface area (Å²) in [5.74, 6) is -0.196. The first-order chi connectivity index (χ1) is 13.5. The first-order valence-electron chi connectivity index (χ1n) is 9.06. The Morgan fingerprint density at radius 3 is 2.75 bits per heavy atom. The summed E-state index contributed by atoms with van der Waals surface area (Å²) in [5.41, 5.74) is 8.72. The van der Waals surface area contributed by atoms with Crippen molar-refractivity contribution >= 4 is 39.8 Å². The van der Waals surface area contributed by atoms with Crippen LogP contribution in [0.4, 0.5) is 5.00 Å². The summed E-state index contributed by atoms with van der Waals surface area (Å²) in [7, 11) is 0. The second-order valence-electron chi connectivity index (χ2n) is 6.81. The molecule has 0 radical (unpaired) electrons. The Morgan fingerprint density at radius 2 is 1.96 bits per heavy atom. The van der Waals surface area contributed by atoms with Crippen molar-refractivity contribution in [1.82, 2.24) is 0 Å². The minimum atomic E-state index is -0.510. The number of primary amides is 1. The lowest BCUT2D eigenvalue weighted by Crippen LogP contribution is -2.18. The van der Waals surface area contributed by atoms with Crippen LogP contribution < -0.4 is 11.1 Å². The summed E-state index contributed by atoms with van der Waals surface area (Å²) >= 11 is 7.60. The highest BCUT2D eigenvalue weighted by Crippen LogP contribution is 2.38. The van der Waals surface area contributed by atoms with E-state index in [0.29, 0.717) is 21.3 Å². The zero-order valence-corrected chi connectivity index (χ0v) is 16.9. The number of aryl methyl sites for hydroxylation is 1. The summed E-state index contributed by atoms with van der Waals surface area (Å²) in [6.07, 6.45) is 3.84. The molecular weight excluding hydrogens is 396 g/mol. The lowest BCUT2D eigenvalue weighted by atomic mass is 9.95. The van der Waals surface area contributed by atoms with Gasteiger partial charge in [-0.1, -0.05) is 23.7 Å².